The number of rotatable bonds is 6. The van der Waals surface area contributed by atoms with E-state index in [1.807, 2.05) is 51.1 Å². The number of benzene rings is 1. The normalized spacial score (nSPS) is 11.1. The Bertz CT molecular complexity index is 1400. The van der Waals surface area contributed by atoms with E-state index < -0.39 is 5.91 Å². The van der Waals surface area contributed by atoms with Crippen LogP contribution in [0.25, 0.3) is 21.3 Å². The van der Waals surface area contributed by atoms with Gasteiger partial charge in [-0.15, -0.1) is 22.7 Å². The van der Waals surface area contributed by atoms with Crippen molar-refractivity contribution in [3.05, 3.63) is 67.9 Å². The molecular formula is C23H22N4O3S2. The second-order valence-corrected chi connectivity index (χ2v) is 9.90. The lowest BCUT2D eigenvalue weighted by Crippen LogP contribution is -2.24. The van der Waals surface area contributed by atoms with Crippen LogP contribution in [0.4, 0.5) is 5.00 Å². The fourth-order valence-electron chi connectivity index (χ4n) is 3.66. The predicted octanol–water partition coefficient (Wildman–Crippen LogP) is 4.24. The van der Waals surface area contributed by atoms with Gasteiger partial charge in [0.2, 0.25) is 5.91 Å². The molecule has 0 radical (unpaired) electrons. The third-order valence-corrected chi connectivity index (χ3v) is 7.52. The van der Waals surface area contributed by atoms with Gasteiger partial charge in [-0.1, -0.05) is 30.3 Å². The van der Waals surface area contributed by atoms with E-state index in [2.05, 4.69) is 10.3 Å². The highest BCUT2D eigenvalue weighted by Gasteiger charge is 2.22. The number of carbonyl (C=O) groups is 2. The Morgan fingerprint density at radius 1 is 1.09 bits per heavy atom. The van der Waals surface area contributed by atoms with E-state index >= 15 is 0 Å². The number of hydrogen-bond acceptors (Lipinski definition) is 6. The van der Waals surface area contributed by atoms with Crippen molar-refractivity contribution in [3.63, 3.8) is 0 Å². The molecule has 0 unspecified atom stereocenters. The first-order chi connectivity index (χ1) is 15.3. The van der Waals surface area contributed by atoms with Gasteiger partial charge in [0.1, 0.15) is 9.83 Å². The van der Waals surface area contributed by atoms with Crippen LogP contribution >= 0.6 is 22.7 Å². The summed E-state index contributed by atoms with van der Waals surface area (Å²) in [4.78, 5) is 44.7. The van der Waals surface area contributed by atoms with Crippen LogP contribution in [-0.4, -0.2) is 21.4 Å². The Morgan fingerprint density at radius 3 is 2.50 bits per heavy atom. The summed E-state index contributed by atoms with van der Waals surface area (Å²) in [5, 5.41) is 3.84. The molecule has 0 saturated carbocycles. The highest BCUT2D eigenvalue weighted by molar-refractivity contribution is 7.18. The number of amides is 2. The van der Waals surface area contributed by atoms with E-state index in [0.717, 1.165) is 26.4 Å². The minimum atomic E-state index is -0.599. The zero-order valence-corrected chi connectivity index (χ0v) is 19.5. The van der Waals surface area contributed by atoms with E-state index in [4.69, 9.17) is 5.73 Å². The monoisotopic (exact) mass is 466 g/mol. The van der Waals surface area contributed by atoms with E-state index in [1.54, 1.807) is 0 Å². The Hall–Kier alpha value is -3.30. The first kappa shape index (κ1) is 21.9. The summed E-state index contributed by atoms with van der Waals surface area (Å²) in [6.45, 7) is 5.94. The summed E-state index contributed by atoms with van der Waals surface area (Å²) in [7, 11) is 0. The van der Waals surface area contributed by atoms with Crippen molar-refractivity contribution in [2.75, 3.05) is 5.32 Å². The second kappa shape index (κ2) is 8.68. The van der Waals surface area contributed by atoms with Crippen molar-refractivity contribution in [3.8, 4) is 11.1 Å². The van der Waals surface area contributed by atoms with Crippen LogP contribution in [0.2, 0.25) is 0 Å². The Labute approximate surface area is 192 Å². The standard InChI is InChI=1S/C23H22N4O3S2/c1-12-13(2)31-21-17(12)23(30)27(11-25-21)10-9-16(28)26-22-19(20(24)29)18(14(3)32-22)15-7-5-4-6-8-15/h4-8,11H,9-10H2,1-3H3,(H2,24,29)(H,26,28). The number of thiophene rings is 2. The maximum Gasteiger partial charge on any atom is 0.262 e. The topological polar surface area (TPSA) is 107 Å². The molecule has 0 fully saturated rings. The molecule has 0 atom stereocenters. The van der Waals surface area contributed by atoms with E-state index in [1.165, 1.54) is 33.6 Å². The maximum atomic E-state index is 12.8. The van der Waals surface area contributed by atoms with Crippen LogP contribution in [0.15, 0.2) is 41.5 Å². The molecular weight excluding hydrogens is 444 g/mol. The van der Waals surface area contributed by atoms with Gasteiger partial charge in [0.15, 0.2) is 0 Å². The smallest absolute Gasteiger partial charge is 0.262 e. The van der Waals surface area contributed by atoms with Gasteiger partial charge < -0.3 is 11.1 Å². The number of nitrogens with one attached hydrogen (secondary N) is 1. The van der Waals surface area contributed by atoms with Gasteiger partial charge in [0.25, 0.3) is 11.5 Å². The number of aryl methyl sites for hydroxylation is 4. The number of nitrogens with two attached hydrogens (primary N) is 1. The van der Waals surface area contributed by atoms with Gasteiger partial charge in [0.05, 0.1) is 17.3 Å². The quantitative estimate of drug-likeness (QED) is 0.443. The molecule has 32 heavy (non-hydrogen) atoms. The molecule has 9 heteroatoms. The second-order valence-electron chi connectivity index (χ2n) is 7.47. The van der Waals surface area contributed by atoms with Crippen LogP contribution in [0.1, 0.15) is 32.1 Å². The summed E-state index contributed by atoms with van der Waals surface area (Å²) in [6, 6.07) is 9.46. The molecule has 0 aliphatic heterocycles. The molecule has 3 heterocycles. The van der Waals surface area contributed by atoms with Crippen LogP contribution < -0.4 is 16.6 Å². The molecule has 0 aliphatic carbocycles. The summed E-state index contributed by atoms with van der Waals surface area (Å²) in [6.07, 6.45) is 1.54. The van der Waals surface area contributed by atoms with Crippen molar-refractivity contribution in [2.24, 2.45) is 5.73 Å². The predicted molar refractivity (Wildman–Crippen MR) is 130 cm³/mol. The third kappa shape index (κ3) is 3.96. The van der Waals surface area contributed by atoms with E-state index in [-0.39, 0.29) is 24.4 Å². The van der Waals surface area contributed by atoms with E-state index in [0.29, 0.717) is 20.8 Å². The largest absolute Gasteiger partial charge is 0.365 e. The summed E-state index contributed by atoms with van der Waals surface area (Å²) in [5.74, 6) is -0.906. The first-order valence-corrected chi connectivity index (χ1v) is 11.6. The average Bonchev–Trinajstić information content (AvgIpc) is 3.24. The molecule has 3 aromatic heterocycles. The number of anilines is 1. The average molecular weight is 467 g/mol. The molecule has 2 amide bonds. The Morgan fingerprint density at radius 2 is 1.81 bits per heavy atom. The molecule has 1 aromatic carbocycles. The molecule has 0 bridgehead atoms. The lowest BCUT2D eigenvalue weighted by Gasteiger charge is -2.08. The molecule has 3 N–H and O–H groups in total. The van der Waals surface area contributed by atoms with Gasteiger partial charge >= 0.3 is 0 Å². The number of hydrogen-bond donors (Lipinski definition) is 2. The minimum Gasteiger partial charge on any atom is -0.365 e. The molecule has 0 aliphatic rings. The minimum absolute atomic E-state index is 0.0606. The number of aromatic nitrogens is 2. The molecule has 0 spiro atoms. The maximum absolute atomic E-state index is 12.8. The van der Waals surface area contributed by atoms with Crippen LogP contribution in [0.3, 0.4) is 0 Å². The number of primary amides is 1. The highest BCUT2D eigenvalue weighted by atomic mass is 32.1. The fraction of sp³-hybridized carbons (Fsp3) is 0.217. The summed E-state index contributed by atoms with van der Waals surface area (Å²) in [5.41, 5.74) is 8.33. The van der Waals surface area contributed by atoms with Gasteiger partial charge in [-0.2, -0.15) is 0 Å². The molecule has 4 aromatic rings. The van der Waals surface area contributed by atoms with Gasteiger partial charge in [-0.05, 0) is 31.9 Å². The van der Waals surface area contributed by atoms with Crippen molar-refractivity contribution in [2.45, 2.75) is 33.7 Å². The third-order valence-electron chi connectivity index (χ3n) is 5.38. The van der Waals surface area contributed by atoms with Gasteiger partial charge in [-0.3, -0.25) is 19.0 Å². The van der Waals surface area contributed by atoms with Gasteiger partial charge in [-0.25, -0.2) is 4.98 Å². The lowest BCUT2D eigenvalue weighted by molar-refractivity contribution is -0.116. The highest BCUT2D eigenvalue weighted by Crippen LogP contribution is 2.39. The molecule has 164 valence electrons. The number of carbonyl (C=O) groups excluding carboxylic acids is 2. The van der Waals surface area contributed by atoms with Crippen molar-refractivity contribution in [1.82, 2.24) is 9.55 Å². The number of fused-ring (bicyclic) bond motifs is 1. The van der Waals surface area contributed by atoms with Crippen LogP contribution in [0, 0.1) is 20.8 Å². The van der Waals surface area contributed by atoms with Crippen molar-refractivity contribution in [1.29, 1.82) is 0 Å². The van der Waals surface area contributed by atoms with Gasteiger partial charge in [0, 0.05) is 28.3 Å². The Balaban J connectivity index is 1.56. The fourth-order valence-corrected chi connectivity index (χ4v) is 5.75. The lowest BCUT2D eigenvalue weighted by atomic mass is 10.0. The van der Waals surface area contributed by atoms with Crippen LogP contribution in [-0.2, 0) is 11.3 Å². The van der Waals surface area contributed by atoms with Crippen molar-refractivity contribution < 1.29 is 9.59 Å². The SMILES string of the molecule is Cc1sc(NC(=O)CCn2cnc3sc(C)c(C)c3c2=O)c(C(N)=O)c1-c1ccccc1. The molecule has 7 nitrogen and oxygen atoms in total. The molecule has 4 rings (SSSR count). The zero-order valence-electron chi connectivity index (χ0n) is 17.9. The summed E-state index contributed by atoms with van der Waals surface area (Å²) >= 11 is 2.80. The summed E-state index contributed by atoms with van der Waals surface area (Å²) < 4.78 is 1.45. The number of nitrogens with zero attached hydrogens (tertiary/aromatic N) is 2. The van der Waals surface area contributed by atoms with Crippen molar-refractivity contribution >= 4 is 49.7 Å². The first-order valence-electron chi connectivity index (χ1n) is 10.0. The zero-order chi connectivity index (χ0) is 23.0. The van der Waals surface area contributed by atoms with E-state index in [9.17, 15) is 14.4 Å². The Kier molecular flexibility index (Phi) is 5.94. The molecule has 0 saturated heterocycles. The van der Waals surface area contributed by atoms with Crippen LogP contribution in [0.5, 0.6) is 0 Å².